The molecule has 35 heavy (non-hydrogen) atoms. The van der Waals surface area contributed by atoms with Crippen LogP contribution in [0.5, 0.6) is 0 Å². The van der Waals surface area contributed by atoms with Gasteiger partial charge in [-0.2, -0.15) is 5.10 Å². The minimum atomic E-state index is -1.31. The summed E-state index contributed by atoms with van der Waals surface area (Å²) in [6, 6.07) is 3.56. The van der Waals surface area contributed by atoms with Crippen molar-refractivity contribution in [3.63, 3.8) is 0 Å². The fourth-order valence-electron chi connectivity index (χ4n) is 4.61. The number of alkyl halides is 1. The van der Waals surface area contributed by atoms with Crippen LogP contribution >= 0.6 is 0 Å². The quantitative estimate of drug-likeness (QED) is 0.466. The Morgan fingerprint density at radius 1 is 1.34 bits per heavy atom. The highest BCUT2D eigenvalue weighted by Crippen LogP contribution is 2.38. The summed E-state index contributed by atoms with van der Waals surface area (Å²) < 4.78 is 27.7. The van der Waals surface area contributed by atoms with Crippen LogP contribution in [-0.2, 0) is 16.0 Å². The van der Waals surface area contributed by atoms with Crippen LogP contribution in [-0.4, -0.2) is 80.2 Å². The second-order valence-corrected chi connectivity index (χ2v) is 9.32. The van der Waals surface area contributed by atoms with Gasteiger partial charge in [-0.1, -0.05) is 0 Å². The number of nitrogens with one attached hydrogen (secondary N) is 3. The Labute approximate surface area is 202 Å². The van der Waals surface area contributed by atoms with Gasteiger partial charge in [-0.3, -0.25) is 14.4 Å². The van der Waals surface area contributed by atoms with Gasteiger partial charge in [-0.15, -0.1) is 0 Å². The average Bonchev–Trinajstić information content (AvgIpc) is 3.54. The Morgan fingerprint density at radius 3 is 2.97 bits per heavy atom. The summed E-state index contributed by atoms with van der Waals surface area (Å²) >= 11 is 0. The molecule has 188 valence electrons. The fraction of sp³-hybridized carbons (Fsp3) is 0.565. The molecule has 1 amide bonds. The number of hydrogen-bond donors (Lipinski definition) is 3. The van der Waals surface area contributed by atoms with E-state index in [4.69, 9.17) is 14.5 Å². The lowest BCUT2D eigenvalue weighted by Gasteiger charge is -2.25. The Morgan fingerprint density at radius 2 is 2.17 bits per heavy atom. The number of imidazole rings is 1. The largest absolute Gasteiger partial charge is 0.443 e. The van der Waals surface area contributed by atoms with Crippen molar-refractivity contribution >= 4 is 23.5 Å². The SMILES string of the molecule is CC(C)NC(=O)O[C@@H]1CC[C@H](c2cc(Nc3nccc4nc(CN5CCOCC5)cn34)n[nH]2)[C@@H]1F. The second-order valence-electron chi connectivity index (χ2n) is 9.32. The molecule has 1 saturated carbocycles. The number of alkyl carbamates (subject to hydrolysis) is 1. The van der Waals surface area contributed by atoms with Gasteiger partial charge in [0.25, 0.3) is 0 Å². The third-order valence-corrected chi connectivity index (χ3v) is 6.32. The van der Waals surface area contributed by atoms with Gasteiger partial charge in [-0.25, -0.2) is 19.2 Å². The molecule has 1 saturated heterocycles. The summed E-state index contributed by atoms with van der Waals surface area (Å²) in [5, 5.41) is 13.1. The number of ether oxygens (including phenoxy) is 2. The lowest BCUT2D eigenvalue weighted by molar-refractivity contribution is 0.0337. The molecule has 0 bridgehead atoms. The predicted octanol–water partition coefficient (Wildman–Crippen LogP) is 2.75. The summed E-state index contributed by atoms with van der Waals surface area (Å²) in [6.45, 7) is 7.65. The number of anilines is 2. The first-order valence-corrected chi connectivity index (χ1v) is 12.0. The molecule has 0 radical (unpaired) electrons. The summed E-state index contributed by atoms with van der Waals surface area (Å²) in [7, 11) is 0. The van der Waals surface area contributed by atoms with Crippen LogP contribution in [0.25, 0.3) is 5.65 Å². The fourth-order valence-corrected chi connectivity index (χ4v) is 4.61. The molecule has 0 spiro atoms. The van der Waals surface area contributed by atoms with E-state index in [2.05, 4.69) is 30.7 Å². The predicted molar refractivity (Wildman–Crippen MR) is 126 cm³/mol. The van der Waals surface area contributed by atoms with E-state index < -0.39 is 24.3 Å². The van der Waals surface area contributed by atoms with Crippen molar-refractivity contribution in [2.24, 2.45) is 0 Å². The van der Waals surface area contributed by atoms with Gasteiger partial charge < -0.3 is 20.1 Å². The summed E-state index contributed by atoms with van der Waals surface area (Å²) in [5.41, 5.74) is 2.38. The molecular formula is C23H31FN8O3. The molecule has 1 aliphatic carbocycles. The molecule has 1 aliphatic heterocycles. The number of morpholine rings is 1. The smallest absolute Gasteiger partial charge is 0.407 e. The van der Waals surface area contributed by atoms with Crippen LogP contribution in [0, 0.1) is 0 Å². The van der Waals surface area contributed by atoms with E-state index in [9.17, 15) is 4.79 Å². The van der Waals surface area contributed by atoms with E-state index in [1.54, 1.807) is 12.3 Å². The topological polar surface area (TPSA) is 122 Å². The molecule has 3 aromatic rings. The Balaban J connectivity index is 1.25. The summed E-state index contributed by atoms with van der Waals surface area (Å²) in [4.78, 5) is 23.3. The van der Waals surface area contributed by atoms with Crippen LogP contribution in [0.1, 0.15) is 44.0 Å². The van der Waals surface area contributed by atoms with Crippen LogP contribution in [0.15, 0.2) is 24.5 Å². The molecule has 12 heteroatoms. The maximum atomic E-state index is 15.1. The molecule has 3 N–H and O–H groups in total. The van der Waals surface area contributed by atoms with Crippen molar-refractivity contribution in [1.82, 2.24) is 34.8 Å². The first-order chi connectivity index (χ1) is 17.0. The van der Waals surface area contributed by atoms with Gasteiger partial charge >= 0.3 is 6.09 Å². The number of aromatic amines is 1. The number of rotatable bonds is 7. The maximum absolute atomic E-state index is 15.1. The number of aromatic nitrogens is 5. The average molecular weight is 487 g/mol. The Hall–Kier alpha value is -3.25. The third-order valence-electron chi connectivity index (χ3n) is 6.32. The van der Waals surface area contributed by atoms with Gasteiger partial charge in [0.15, 0.2) is 5.82 Å². The first-order valence-electron chi connectivity index (χ1n) is 12.0. The van der Waals surface area contributed by atoms with E-state index in [0.29, 0.717) is 30.3 Å². The van der Waals surface area contributed by atoms with E-state index >= 15 is 4.39 Å². The third kappa shape index (κ3) is 5.38. The van der Waals surface area contributed by atoms with Gasteiger partial charge in [0, 0.05) is 55.7 Å². The minimum absolute atomic E-state index is 0.0667. The van der Waals surface area contributed by atoms with Crippen LogP contribution in [0.2, 0.25) is 0 Å². The molecule has 4 heterocycles. The Bertz CT molecular complexity index is 1160. The molecule has 11 nitrogen and oxygen atoms in total. The van der Waals surface area contributed by atoms with Crippen molar-refractivity contribution in [3.05, 3.63) is 35.9 Å². The van der Waals surface area contributed by atoms with E-state index in [1.165, 1.54) is 0 Å². The number of carbonyl (C=O) groups excluding carboxylic acids is 1. The second kappa shape index (κ2) is 10.2. The number of H-pyrrole nitrogens is 1. The standard InChI is InChI=1S/C23H31FN8O3/c1-14(2)26-23(33)35-18-4-3-16(21(18)24)17-11-19(30-29-17)28-22-25-6-5-20-27-15(13-32(20)22)12-31-7-9-34-10-8-31/h5-6,11,13-14,16,18,21H,3-4,7-10,12H2,1-2H3,(H,26,33)(H2,25,28,29,30)/t16-,18-,21+/m1/s1. The van der Waals surface area contributed by atoms with Crippen LogP contribution in [0.3, 0.4) is 0 Å². The van der Waals surface area contributed by atoms with Crippen molar-refractivity contribution in [3.8, 4) is 0 Å². The zero-order chi connectivity index (χ0) is 24.4. The number of hydrogen-bond acceptors (Lipinski definition) is 8. The molecule has 3 atom stereocenters. The highest BCUT2D eigenvalue weighted by atomic mass is 19.1. The zero-order valence-corrected chi connectivity index (χ0v) is 19.9. The lowest BCUT2D eigenvalue weighted by Crippen LogP contribution is -2.36. The molecule has 5 rings (SSSR count). The molecule has 3 aromatic heterocycles. The van der Waals surface area contributed by atoms with Gasteiger partial charge in [0.2, 0.25) is 5.95 Å². The summed E-state index contributed by atoms with van der Waals surface area (Å²) in [5.74, 6) is 0.667. The molecular weight excluding hydrogens is 455 g/mol. The van der Waals surface area contributed by atoms with Crippen molar-refractivity contribution in [2.75, 3.05) is 31.6 Å². The summed E-state index contributed by atoms with van der Waals surface area (Å²) in [6.07, 6.45) is 2.00. The van der Waals surface area contributed by atoms with Crippen LogP contribution < -0.4 is 10.6 Å². The highest BCUT2D eigenvalue weighted by Gasteiger charge is 2.40. The minimum Gasteiger partial charge on any atom is -0.443 e. The highest BCUT2D eigenvalue weighted by molar-refractivity contribution is 5.67. The van der Waals surface area contributed by atoms with Gasteiger partial charge in [0.05, 0.1) is 18.9 Å². The number of halogens is 1. The van der Waals surface area contributed by atoms with E-state index in [0.717, 1.165) is 44.2 Å². The lowest BCUT2D eigenvalue weighted by atomic mass is 10.0. The van der Waals surface area contributed by atoms with Crippen molar-refractivity contribution in [2.45, 2.75) is 57.5 Å². The number of nitrogens with zero attached hydrogens (tertiary/aromatic N) is 5. The first kappa shape index (κ1) is 23.5. The van der Waals surface area contributed by atoms with Crippen molar-refractivity contribution in [1.29, 1.82) is 0 Å². The number of amides is 1. The molecule has 0 aromatic carbocycles. The molecule has 0 unspecified atom stereocenters. The number of fused-ring (bicyclic) bond motifs is 1. The van der Waals surface area contributed by atoms with E-state index in [-0.39, 0.29) is 6.04 Å². The normalized spacial score (nSPS) is 23.1. The van der Waals surface area contributed by atoms with Gasteiger partial charge in [0.1, 0.15) is 17.9 Å². The van der Waals surface area contributed by atoms with E-state index in [1.807, 2.05) is 30.5 Å². The molecule has 2 fully saturated rings. The maximum Gasteiger partial charge on any atom is 0.407 e. The monoisotopic (exact) mass is 486 g/mol. The number of carbonyl (C=O) groups is 1. The zero-order valence-electron chi connectivity index (χ0n) is 19.9. The van der Waals surface area contributed by atoms with Crippen LogP contribution in [0.4, 0.5) is 21.0 Å². The Kier molecular flexibility index (Phi) is 6.82. The molecule has 2 aliphatic rings. The van der Waals surface area contributed by atoms with Gasteiger partial charge in [-0.05, 0) is 32.8 Å². The van der Waals surface area contributed by atoms with Crippen molar-refractivity contribution < 1.29 is 18.7 Å².